The molecule has 1 aromatic rings. The van der Waals surface area contributed by atoms with E-state index in [0.717, 1.165) is 5.92 Å². The Morgan fingerprint density at radius 3 is 2.50 bits per heavy atom. The molecule has 1 fully saturated rings. The molecule has 3 N–H and O–H groups in total. The summed E-state index contributed by atoms with van der Waals surface area (Å²) in [4.78, 5) is 0. The first-order chi connectivity index (χ1) is 8.63. The summed E-state index contributed by atoms with van der Waals surface area (Å²) in [6.45, 7) is 5.20. The molecule has 0 radical (unpaired) electrons. The molecule has 1 aromatic carbocycles. The fourth-order valence-corrected chi connectivity index (χ4v) is 2.88. The zero-order chi connectivity index (χ0) is 13.0. The summed E-state index contributed by atoms with van der Waals surface area (Å²) in [6, 6.07) is 11.0. The molecule has 0 aliphatic heterocycles. The van der Waals surface area contributed by atoms with Gasteiger partial charge in [-0.05, 0) is 31.7 Å². The van der Waals surface area contributed by atoms with Crippen molar-refractivity contribution in [3.63, 3.8) is 0 Å². The first kappa shape index (κ1) is 13.6. The molecule has 2 nitrogen and oxygen atoms in total. The molecule has 2 rings (SSSR count). The third kappa shape index (κ3) is 3.33. The van der Waals surface area contributed by atoms with Gasteiger partial charge in [-0.2, -0.15) is 0 Å². The standard InChI is InChI=1S/C16H26N2/c1-13(15-9-4-3-5-10-15)18-16(2,12-17)11-14-7-6-8-14/h3-5,9-10,13-14,18H,6-8,11-12,17H2,1-2H3. The Kier molecular flexibility index (Phi) is 4.41. The number of nitrogens with two attached hydrogens (primary N) is 1. The fourth-order valence-electron chi connectivity index (χ4n) is 2.88. The van der Waals surface area contributed by atoms with E-state index in [9.17, 15) is 0 Å². The average molecular weight is 246 g/mol. The molecule has 0 spiro atoms. The van der Waals surface area contributed by atoms with Crippen LogP contribution < -0.4 is 11.1 Å². The van der Waals surface area contributed by atoms with Crippen LogP contribution in [0, 0.1) is 5.92 Å². The average Bonchev–Trinajstić information content (AvgIpc) is 2.35. The van der Waals surface area contributed by atoms with Gasteiger partial charge < -0.3 is 11.1 Å². The first-order valence-electron chi connectivity index (χ1n) is 7.16. The smallest absolute Gasteiger partial charge is 0.0297 e. The second-order valence-electron chi connectivity index (χ2n) is 6.04. The van der Waals surface area contributed by atoms with Crippen LogP contribution in [0.5, 0.6) is 0 Å². The number of nitrogens with one attached hydrogen (secondary N) is 1. The van der Waals surface area contributed by atoms with Crippen molar-refractivity contribution < 1.29 is 0 Å². The predicted octanol–water partition coefficient (Wildman–Crippen LogP) is 3.24. The fraction of sp³-hybridized carbons (Fsp3) is 0.625. The van der Waals surface area contributed by atoms with Crippen molar-refractivity contribution in [3.05, 3.63) is 35.9 Å². The third-order valence-corrected chi connectivity index (χ3v) is 4.28. The number of rotatable bonds is 6. The van der Waals surface area contributed by atoms with Crippen LogP contribution in [0.4, 0.5) is 0 Å². The van der Waals surface area contributed by atoms with Crippen LogP contribution in [0.25, 0.3) is 0 Å². The topological polar surface area (TPSA) is 38.0 Å². The highest BCUT2D eigenvalue weighted by Crippen LogP contribution is 2.34. The molecule has 1 saturated carbocycles. The van der Waals surface area contributed by atoms with Gasteiger partial charge in [0.15, 0.2) is 0 Å². The Labute approximate surface area is 111 Å². The summed E-state index contributed by atoms with van der Waals surface area (Å²) in [6.07, 6.45) is 5.38. The van der Waals surface area contributed by atoms with Gasteiger partial charge in [-0.25, -0.2) is 0 Å². The minimum Gasteiger partial charge on any atom is -0.329 e. The summed E-state index contributed by atoms with van der Waals surface area (Å²) in [5.41, 5.74) is 7.41. The summed E-state index contributed by atoms with van der Waals surface area (Å²) in [5.74, 6) is 0.883. The molecular weight excluding hydrogens is 220 g/mol. The minimum absolute atomic E-state index is 0.0698. The van der Waals surface area contributed by atoms with E-state index in [1.165, 1.54) is 31.2 Å². The van der Waals surface area contributed by atoms with Crippen molar-refractivity contribution in [2.75, 3.05) is 6.54 Å². The largest absolute Gasteiger partial charge is 0.329 e. The van der Waals surface area contributed by atoms with Gasteiger partial charge >= 0.3 is 0 Å². The SMILES string of the molecule is CC(NC(C)(CN)CC1CCC1)c1ccccc1. The van der Waals surface area contributed by atoms with Crippen molar-refractivity contribution in [2.24, 2.45) is 11.7 Å². The highest BCUT2D eigenvalue weighted by molar-refractivity contribution is 5.18. The first-order valence-corrected chi connectivity index (χ1v) is 7.16. The van der Waals surface area contributed by atoms with Gasteiger partial charge in [-0.3, -0.25) is 0 Å². The van der Waals surface area contributed by atoms with Gasteiger partial charge in [0.1, 0.15) is 0 Å². The maximum absolute atomic E-state index is 6.00. The van der Waals surface area contributed by atoms with Crippen molar-refractivity contribution >= 4 is 0 Å². The second kappa shape index (κ2) is 5.85. The molecule has 1 aliphatic carbocycles. The Morgan fingerprint density at radius 1 is 1.33 bits per heavy atom. The lowest BCUT2D eigenvalue weighted by Gasteiger charge is -2.39. The zero-order valence-corrected chi connectivity index (χ0v) is 11.7. The molecule has 0 saturated heterocycles. The monoisotopic (exact) mass is 246 g/mol. The van der Waals surface area contributed by atoms with Crippen LogP contribution in [0.3, 0.4) is 0 Å². The normalized spacial score (nSPS) is 21.1. The van der Waals surface area contributed by atoms with Crippen LogP contribution in [0.2, 0.25) is 0 Å². The van der Waals surface area contributed by atoms with Gasteiger partial charge in [0, 0.05) is 18.1 Å². The van der Waals surface area contributed by atoms with Gasteiger partial charge in [-0.15, -0.1) is 0 Å². The van der Waals surface area contributed by atoms with Crippen molar-refractivity contribution in [1.29, 1.82) is 0 Å². The lowest BCUT2D eigenvalue weighted by atomic mass is 9.76. The van der Waals surface area contributed by atoms with Gasteiger partial charge in [-0.1, -0.05) is 49.6 Å². The van der Waals surface area contributed by atoms with E-state index in [2.05, 4.69) is 49.5 Å². The molecule has 0 heterocycles. The maximum Gasteiger partial charge on any atom is 0.0297 e. The van der Waals surface area contributed by atoms with Crippen molar-refractivity contribution in [1.82, 2.24) is 5.32 Å². The second-order valence-corrected chi connectivity index (χ2v) is 6.04. The molecule has 0 bridgehead atoms. The highest BCUT2D eigenvalue weighted by atomic mass is 15.0. The van der Waals surface area contributed by atoms with Crippen LogP contribution >= 0.6 is 0 Å². The molecule has 100 valence electrons. The van der Waals surface area contributed by atoms with E-state index in [1.807, 2.05) is 0 Å². The van der Waals surface area contributed by atoms with Crippen LogP contribution in [0.1, 0.15) is 51.1 Å². The van der Waals surface area contributed by atoms with Crippen LogP contribution in [-0.4, -0.2) is 12.1 Å². The maximum atomic E-state index is 6.00. The quantitative estimate of drug-likeness (QED) is 0.808. The zero-order valence-electron chi connectivity index (χ0n) is 11.7. The van der Waals surface area contributed by atoms with E-state index in [4.69, 9.17) is 5.73 Å². The number of benzene rings is 1. The Morgan fingerprint density at radius 2 is 2.00 bits per heavy atom. The molecule has 0 aromatic heterocycles. The van der Waals surface area contributed by atoms with E-state index in [0.29, 0.717) is 12.6 Å². The van der Waals surface area contributed by atoms with Crippen molar-refractivity contribution in [2.45, 2.75) is 51.1 Å². The highest BCUT2D eigenvalue weighted by Gasteiger charge is 2.30. The lowest BCUT2D eigenvalue weighted by molar-refractivity contribution is 0.196. The summed E-state index contributed by atoms with van der Waals surface area (Å²) in [7, 11) is 0. The Balaban J connectivity index is 1.96. The third-order valence-electron chi connectivity index (χ3n) is 4.28. The lowest BCUT2D eigenvalue weighted by Crippen LogP contribution is -2.51. The molecule has 2 heteroatoms. The summed E-state index contributed by atoms with van der Waals surface area (Å²) >= 11 is 0. The van der Waals surface area contributed by atoms with E-state index < -0.39 is 0 Å². The molecule has 2 atom stereocenters. The Hall–Kier alpha value is -0.860. The van der Waals surface area contributed by atoms with Crippen molar-refractivity contribution in [3.8, 4) is 0 Å². The van der Waals surface area contributed by atoms with Gasteiger partial charge in [0.2, 0.25) is 0 Å². The van der Waals surface area contributed by atoms with Crippen LogP contribution in [0.15, 0.2) is 30.3 Å². The van der Waals surface area contributed by atoms with E-state index >= 15 is 0 Å². The number of hydrogen-bond acceptors (Lipinski definition) is 2. The molecule has 0 amide bonds. The molecule has 2 unspecified atom stereocenters. The molecule has 1 aliphatic rings. The summed E-state index contributed by atoms with van der Waals surface area (Å²) in [5, 5.41) is 3.73. The van der Waals surface area contributed by atoms with E-state index in [-0.39, 0.29) is 5.54 Å². The van der Waals surface area contributed by atoms with Crippen LogP contribution in [-0.2, 0) is 0 Å². The summed E-state index contributed by atoms with van der Waals surface area (Å²) < 4.78 is 0. The minimum atomic E-state index is 0.0698. The van der Waals surface area contributed by atoms with Gasteiger partial charge in [0.05, 0.1) is 0 Å². The number of hydrogen-bond donors (Lipinski definition) is 2. The molecular formula is C16H26N2. The van der Waals surface area contributed by atoms with E-state index in [1.54, 1.807) is 0 Å². The molecule has 18 heavy (non-hydrogen) atoms. The van der Waals surface area contributed by atoms with Gasteiger partial charge in [0.25, 0.3) is 0 Å². The Bertz CT molecular complexity index is 359. The predicted molar refractivity (Wildman–Crippen MR) is 77.4 cm³/mol.